The smallest absolute Gasteiger partial charge is 0.306 e. The minimum absolute atomic E-state index is 0.173. The molecule has 0 heterocycles. The first-order valence-electron chi connectivity index (χ1n) is 33.7. The van der Waals surface area contributed by atoms with Crippen molar-refractivity contribution in [2.45, 2.75) is 387 Å². The summed E-state index contributed by atoms with van der Waals surface area (Å²) in [6.07, 6.45) is 78.4. The molecule has 4 nitrogen and oxygen atoms in total. The molecule has 0 rings (SSSR count). The van der Waals surface area contributed by atoms with E-state index in [0.29, 0.717) is 6.61 Å². The zero-order chi connectivity index (χ0) is 52.2. The summed E-state index contributed by atoms with van der Waals surface area (Å²) in [6, 6.07) is 0. The number of hydrogen-bond donors (Lipinski definition) is 0. The zero-order valence-corrected chi connectivity index (χ0v) is 50.1. The molecule has 0 aromatic heterocycles. The molecule has 0 spiro atoms. The second-order valence-corrected chi connectivity index (χ2v) is 23.3. The number of carbonyl (C=O) groups excluding carboxylic acids is 2. The number of esters is 1. The second kappa shape index (κ2) is 62.2. The third-order valence-corrected chi connectivity index (χ3v) is 16.0. The summed E-state index contributed by atoms with van der Waals surface area (Å²) in [5, 5.41) is 0. The van der Waals surface area contributed by atoms with E-state index in [2.05, 4.69) is 44.7 Å². The Hall–Kier alpha value is -1.32. The highest BCUT2D eigenvalue weighted by Crippen LogP contribution is 2.22. The monoisotopic (exact) mass is 1010 g/mol. The SMILES string of the molecule is CCCCCCCCCCCCCCCCCCCCCCCCCCCCCCCCCCC/C=C/CCCC(CC(=O)OCCCCCCCC)C(=O)N(CCCCCCCC)CCCCCCCC. The van der Waals surface area contributed by atoms with Crippen LogP contribution in [0.4, 0.5) is 0 Å². The van der Waals surface area contributed by atoms with Crippen molar-refractivity contribution in [1.29, 1.82) is 0 Å². The largest absolute Gasteiger partial charge is 0.466 e. The Morgan fingerprint density at radius 1 is 0.319 bits per heavy atom. The maximum atomic E-state index is 14.2. The van der Waals surface area contributed by atoms with E-state index in [9.17, 15) is 9.59 Å². The molecule has 4 heteroatoms. The Bertz CT molecular complexity index is 1060. The van der Waals surface area contributed by atoms with Gasteiger partial charge in [-0.15, -0.1) is 0 Å². The highest BCUT2D eigenvalue weighted by Gasteiger charge is 2.27. The second-order valence-electron chi connectivity index (χ2n) is 23.3. The summed E-state index contributed by atoms with van der Waals surface area (Å²) in [7, 11) is 0. The fraction of sp³-hybridized carbons (Fsp3) is 0.941. The fourth-order valence-corrected chi connectivity index (χ4v) is 10.9. The molecule has 0 aliphatic carbocycles. The molecule has 72 heavy (non-hydrogen) atoms. The van der Waals surface area contributed by atoms with Crippen molar-refractivity contribution in [3.05, 3.63) is 12.2 Å². The van der Waals surface area contributed by atoms with Crippen LogP contribution >= 0.6 is 0 Å². The lowest BCUT2D eigenvalue weighted by molar-refractivity contribution is -0.149. The van der Waals surface area contributed by atoms with E-state index in [1.165, 1.54) is 302 Å². The Balaban J connectivity index is 4.07. The Kier molecular flexibility index (Phi) is 61.1. The molecule has 0 saturated carbocycles. The van der Waals surface area contributed by atoms with Crippen molar-refractivity contribution in [2.24, 2.45) is 5.92 Å². The molecule has 0 aromatic carbocycles. The van der Waals surface area contributed by atoms with E-state index in [-0.39, 0.29) is 24.2 Å². The molecule has 0 radical (unpaired) electrons. The topological polar surface area (TPSA) is 46.6 Å². The summed E-state index contributed by atoms with van der Waals surface area (Å²) in [4.78, 5) is 29.5. The maximum Gasteiger partial charge on any atom is 0.306 e. The first-order chi connectivity index (χ1) is 35.6. The Labute approximate surface area is 454 Å². The molecule has 1 atom stereocenters. The lowest BCUT2D eigenvalue weighted by atomic mass is 9.95. The van der Waals surface area contributed by atoms with Gasteiger partial charge < -0.3 is 9.64 Å². The predicted octanol–water partition coefficient (Wildman–Crippen LogP) is 23.5. The maximum absolute atomic E-state index is 14.2. The van der Waals surface area contributed by atoms with Gasteiger partial charge in [0.15, 0.2) is 0 Å². The van der Waals surface area contributed by atoms with E-state index in [1.54, 1.807) is 0 Å². The van der Waals surface area contributed by atoms with Crippen molar-refractivity contribution in [2.75, 3.05) is 19.7 Å². The molecule has 1 unspecified atom stereocenters. The lowest BCUT2D eigenvalue weighted by Gasteiger charge is -2.27. The number of carbonyl (C=O) groups is 2. The third kappa shape index (κ3) is 54.9. The summed E-state index contributed by atoms with van der Waals surface area (Å²) < 4.78 is 5.74. The molecule has 0 bridgehead atoms. The number of rotatable bonds is 62. The van der Waals surface area contributed by atoms with Crippen LogP contribution in [0.2, 0.25) is 0 Å². The van der Waals surface area contributed by atoms with Crippen LogP contribution in [0, 0.1) is 5.92 Å². The molecular formula is C68H133NO3. The van der Waals surface area contributed by atoms with Gasteiger partial charge in [-0.05, 0) is 51.4 Å². The van der Waals surface area contributed by atoms with Gasteiger partial charge in [0.05, 0.1) is 13.0 Å². The highest BCUT2D eigenvalue weighted by molar-refractivity contribution is 5.83. The molecule has 1 amide bonds. The molecule has 0 aliphatic heterocycles. The molecular weight excluding hydrogens is 879 g/mol. The van der Waals surface area contributed by atoms with E-state index in [1.807, 2.05) is 0 Å². The first-order valence-corrected chi connectivity index (χ1v) is 33.7. The van der Waals surface area contributed by atoms with Crippen LogP contribution in [0.3, 0.4) is 0 Å². The number of hydrogen-bond acceptors (Lipinski definition) is 3. The van der Waals surface area contributed by atoms with E-state index in [0.717, 1.165) is 64.5 Å². The van der Waals surface area contributed by atoms with Crippen LogP contribution < -0.4 is 0 Å². The number of ether oxygens (including phenoxy) is 1. The van der Waals surface area contributed by atoms with Gasteiger partial charge in [-0.2, -0.15) is 0 Å². The van der Waals surface area contributed by atoms with Gasteiger partial charge in [0.25, 0.3) is 0 Å². The van der Waals surface area contributed by atoms with E-state index < -0.39 is 0 Å². The van der Waals surface area contributed by atoms with Gasteiger partial charge >= 0.3 is 5.97 Å². The van der Waals surface area contributed by atoms with Gasteiger partial charge in [0.2, 0.25) is 5.91 Å². The average molecular weight is 1010 g/mol. The van der Waals surface area contributed by atoms with Gasteiger partial charge in [-0.3, -0.25) is 9.59 Å². The minimum Gasteiger partial charge on any atom is -0.466 e. The molecule has 0 N–H and O–H groups in total. The van der Waals surface area contributed by atoms with Crippen LogP contribution in [0.15, 0.2) is 12.2 Å². The van der Waals surface area contributed by atoms with Gasteiger partial charge in [0, 0.05) is 19.0 Å². The third-order valence-electron chi connectivity index (χ3n) is 16.0. The van der Waals surface area contributed by atoms with Gasteiger partial charge in [-0.1, -0.05) is 342 Å². The number of unbranched alkanes of at least 4 members (excludes halogenated alkanes) is 49. The van der Waals surface area contributed by atoms with E-state index in [4.69, 9.17) is 4.74 Å². The predicted molar refractivity (Wildman–Crippen MR) is 321 cm³/mol. The zero-order valence-electron chi connectivity index (χ0n) is 50.1. The summed E-state index contributed by atoms with van der Waals surface area (Å²) >= 11 is 0. The Morgan fingerprint density at radius 2 is 0.569 bits per heavy atom. The van der Waals surface area contributed by atoms with Crippen molar-refractivity contribution in [3.63, 3.8) is 0 Å². The van der Waals surface area contributed by atoms with Crippen LogP contribution in [0.5, 0.6) is 0 Å². The quantitative estimate of drug-likeness (QED) is 0.0346. The fourth-order valence-electron chi connectivity index (χ4n) is 10.9. The molecule has 428 valence electrons. The highest BCUT2D eigenvalue weighted by atomic mass is 16.5. The summed E-state index contributed by atoms with van der Waals surface area (Å²) in [6.45, 7) is 11.2. The first kappa shape index (κ1) is 70.7. The standard InChI is InChI=1S/C68H133NO3/c1-5-9-13-17-21-22-23-24-25-26-27-28-29-30-31-32-33-34-35-36-37-38-39-40-41-42-43-44-45-46-47-48-49-50-51-52-53-57-61-66(65-67(70)72-64-60-56-20-16-12-8-4)68(71)69(62-58-54-18-14-10-6-2)63-59-55-19-15-11-7-3/h51-52,66H,5-50,53-65H2,1-4H3/b52-51+. The minimum atomic E-state index is -0.261. The van der Waals surface area contributed by atoms with Crippen molar-refractivity contribution < 1.29 is 14.3 Å². The molecule has 0 aliphatic rings. The van der Waals surface area contributed by atoms with Crippen LogP contribution in [-0.2, 0) is 14.3 Å². The molecule has 0 aromatic rings. The lowest BCUT2D eigenvalue weighted by Crippen LogP contribution is -2.38. The molecule has 0 fully saturated rings. The van der Waals surface area contributed by atoms with Gasteiger partial charge in [-0.25, -0.2) is 0 Å². The molecule has 0 saturated heterocycles. The van der Waals surface area contributed by atoms with Gasteiger partial charge in [0.1, 0.15) is 0 Å². The average Bonchev–Trinajstić information content (AvgIpc) is 3.38. The summed E-state index contributed by atoms with van der Waals surface area (Å²) in [5.74, 6) is -0.226. The Morgan fingerprint density at radius 3 is 0.875 bits per heavy atom. The van der Waals surface area contributed by atoms with Crippen LogP contribution in [0.25, 0.3) is 0 Å². The number of nitrogens with zero attached hydrogens (tertiary/aromatic N) is 1. The van der Waals surface area contributed by atoms with Crippen molar-refractivity contribution in [1.82, 2.24) is 4.90 Å². The number of allylic oxidation sites excluding steroid dienone is 2. The van der Waals surface area contributed by atoms with Crippen molar-refractivity contribution in [3.8, 4) is 0 Å². The number of amides is 1. The van der Waals surface area contributed by atoms with Crippen LogP contribution in [-0.4, -0.2) is 36.5 Å². The van der Waals surface area contributed by atoms with Crippen molar-refractivity contribution >= 4 is 11.9 Å². The van der Waals surface area contributed by atoms with E-state index >= 15 is 0 Å². The summed E-state index contributed by atoms with van der Waals surface area (Å²) in [5.41, 5.74) is 0. The normalized spacial score (nSPS) is 12.1. The van der Waals surface area contributed by atoms with Crippen LogP contribution in [0.1, 0.15) is 387 Å².